The Labute approximate surface area is 346 Å². The minimum atomic E-state index is -1.63. The van der Waals surface area contributed by atoms with Crippen molar-refractivity contribution in [3.05, 3.63) is 71.3 Å². The number of nitrogens with one attached hydrogen (secondary N) is 1. The minimum Gasteiger partial charge on any atom is -0.394 e. The molecule has 2 aromatic carbocycles. The summed E-state index contributed by atoms with van der Waals surface area (Å²) < 4.78 is 17.0. The maximum absolute atomic E-state index is 13.0. The second-order valence-corrected chi connectivity index (χ2v) is 15.9. The first-order valence-electron chi connectivity index (χ1n) is 22.0. The molecule has 1 heterocycles. The number of benzene rings is 2. The molecule has 0 radical (unpaired) electrons. The first-order chi connectivity index (χ1) is 28.2. The molecule has 12 heteroatoms. The maximum Gasteiger partial charge on any atom is 0.220 e. The van der Waals surface area contributed by atoms with Gasteiger partial charge in [-0.2, -0.15) is 0 Å². The van der Waals surface area contributed by atoms with E-state index in [1.54, 1.807) is 12.1 Å². The molecule has 3 rings (SSSR count). The largest absolute Gasteiger partial charge is 0.394 e. The lowest BCUT2D eigenvalue weighted by atomic mass is 9.98. The number of carbonyl (C=O) groups is 2. The van der Waals surface area contributed by atoms with Crippen molar-refractivity contribution in [2.24, 2.45) is 0 Å². The van der Waals surface area contributed by atoms with E-state index in [9.17, 15) is 40.2 Å². The summed E-state index contributed by atoms with van der Waals surface area (Å²) in [6.07, 6.45) is 8.84. The molecule has 1 fully saturated rings. The summed E-state index contributed by atoms with van der Waals surface area (Å²) in [5, 5.41) is 65.1. The van der Waals surface area contributed by atoms with Crippen molar-refractivity contribution in [2.45, 2.75) is 184 Å². The van der Waals surface area contributed by atoms with Crippen molar-refractivity contribution in [2.75, 3.05) is 19.8 Å². The summed E-state index contributed by atoms with van der Waals surface area (Å²) in [7, 11) is 0. The van der Waals surface area contributed by atoms with Crippen LogP contribution in [0.1, 0.15) is 150 Å². The van der Waals surface area contributed by atoms with E-state index in [2.05, 4.69) is 12.2 Å². The molecule has 5 unspecified atom stereocenters. The monoisotopic (exact) mass is 816 g/mol. The lowest BCUT2D eigenvalue weighted by molar-refractivity contribution is -0.303. The van der Waals surface area contributed by atoms with Gasteiger partial charge in [-0.1, -0.05) is 152 Å². The number of unbranched alkanes of at least 4 members (excludes halogenated alkanes) is 15. The Morgan fingerprint density at radius 2 is 1.33 bits per heavy atom. The highest BCUT2D eigenvalue weighted by Crippen LogP contribution is 2.23. The second kappa shape index (κ2) is 29.4. The number of aliphatic hydroxyl groups is 6. The quantitative estimate of drug-likeness (QED) is 0.0344. The van der Waals surface area contributed by atoms with Gasteiger partial charge in [-0.05, 0) is 30.9 Å². The molecule has 1 saturated heterocycles. The van der Waals surface area contributed by atoms with E-state index in [0.717, 1.165) is 56.9 Å². The highest BCUT2D eigenvalue weighted by molar-refractivity contribution is 6.09. The summed E-state index contributed by atoms with van der Waals surface area (Å²) in [4.78, 5) is 25.8. The number of aliphatic hydroxyl groups excluding tert-OH is 6. The fraction of sp³-hybridized carbons (Fsp3) is 0.696. The van der Waals surface area contributed by atoms with E-state index in [0.29, 0.717) is 37.2 Å². The molecule has 12 nitrogen and oxygen atoms in total. The van der Waals surface area contributed by atoms with Gasteiger partial charge in [-0.15, -0.1) is 0 Å². The fourth-order valence-corrected chi connectivity index (χ4v) is 7.31. The average molecular weight is 816 g/mol. The molecule has 1 aliphatic rings. The van der Waals surface area contributed by atoms with Gasteiger partial charge in [0.25, 0.3) is 0 Å². The van der Waals surface area contributed by atoms with Crippen molar-refractivity contribution >= 4 is 11.7 Å². The van der Waals surface area contributed by atoms with E-state index in [1.165, 1.54) is 51.4 Å². The molecule has 0 bridgehead atoms. The number of ketones is 1. The molecule has 2 aromatic rings. The number of ether oxygens (including phenoxy) is 3. The zero-order chi connectivity index (χ0) is 42.0. The van der Waals surface area contributed by atoms with Crippen molar-refractivity contribution < 1.29 is 54.4 Å². The van der Waals surface area contributed by atoms with Crippen molar-refractivity contribution in [3.8, 4) is 0 Å². The smallest absolute Gasteiger partial charge is 0.220 e. The Morgan fingerprint density at radius 1 is 0.724 bits per heavy atom. The maximum atomic E-state index is 13.0. The standard InChI is InChI=1S/C46H73NO11/c1-2-3-4-5-6-7-8-9-10-11-13-19-27-38(49)42(52)37(33-57-46-45(55)44(54)43(53)39(31-48)58-46)47-40(50)28-20-14-12-15-21-29-56-32-34-23-22-26-36(30-34)41(51)35-24-17-16-18-25-35/h16-18,22-26,30,37-39,42-46,48-49,52-55H,2-15,19-21,27-29,31-33H2,1H3,(H,47,50)/t37-,38+,39?,42-,43?,44?,45?,46?/m0/s1. The van der Waals surface area contributed by atoms with E-state index < -0.39 is 55.6 Å². The zero-order valence-corrected chi connectivity index (χ0v) is 34.8. The number of hydrogen-bond acceptors (Lipinski definition) is 11. The molecular formula is C46H73NO11. The second-order valence-electron chi connectivity index (χ2n) is 15.9. The molecule has 0 spiro atoms. The molecular weight excluding hydrogens is 743 g/mol. The first kappa shape index (κ1) is 49.6. The fourth-order valence-electron chi connectivity index (χ4n) is 7.31. The topological polar surface area (TPSA) is 195 Å². The van der Waals surface area contributed by atoms with E-state index in [-0.39, 0.29) is 24.7 Å². The number of hydrogen-bond donors (Lipinski definition) is 7. The van der Waals surface area contributed by atoms with Crippen molar-refractivity contribution in [3.63, 3.8) is 0 Å². The predicted octanol–water partition coefficient (Wildman–Crippen LogP) is 5.89. The third kappa shape index (κ3) is 18.6. The van der Waals surface area contributed by atoms with Gasteiger partial charge < -0.3 is 50.2 Å². The Bertz CT molecular complexity index is 1380. The molecule has 7 N–H and O–H groups in total. The minimum absolute atomic E-state index is 0.0214. The Hall–Kier alpha value is -2.78. The van der Waals surface area contributed by atoms with Crippen LogP contribution in [-0.4, -0.2) is 111 Å². The average Bonchev–Trinajstić information content (AvgIpc) is 3.24. The van der Waals surface area contributed by atoms with Crippen molar-refractivity contribution in [1.29, 1.82) is 0 Å². The van der Waals surface area contributed by atoms with E-state index >= 15 is 0 Å². The predicted molar refractivity (Wildman–Crippen MR) is 223 cm³/mol. The van der Waals surface area contributed by atoms with Gasteiger partial charge >= 0.3 is 0 Å². The SMILES string of the molecule is CCCCCCCCCCCCCC[C@@H](O)[C@@H](O)[C@H](COC1OC(CO)C(O)C(O)C1O)NC(=O)CCCCCCCOCc1cccc(C(=O)c2ccccc2)c1. The molecule has 0 aliphatic carbocycles. The van der Waals surface area contributed by atoms with Gasteiger partial charge in [0.05, 0.1) is 32.0 Å². The summed E-state index contributed by atoms with van der Waals surface area (Å²) in [5.41, 5.74) is 2.21. The number of carbonyl (C=O) groups excluding carboxylic acids is 2. The van der Waals surface area contributed by atoms with Crippen LogP contribution in [0, 0.1) is 0 Å². The normalized spacial score (nSPS) is 21.1. The summed E-state index contributed by atoms with van der Waals surface area (Å²) in [6.45, 7) is 2.25. The lowest BCUT2D eigenvalue weighted by Crippen LogP contribution is -2.60. The summed E-state index contributed by atoms with van der Waals surface area (Å²) in [6, 6.07) is 15.6. The Morgan fingerprint density at radius 3 is 1.98 bits per heavy atom. The molecule has 1 amide bonds. The van der Waals surface area contributed by atoms with Crippen molar-refractivity contribution in [1.82, 2.24) is 5.32 Å². The molecule has 58 heavy (non-hydrogen) atoms. The van der Waals surface area contributed by atoms with Gasteiger partial charge in [0.1, 0.15) is 30.5 Å². The van der Waals surface area contributed by atoms with Gasteiger partial charge in [0.2, 0.25) is 5.91 Å². The van der Waals surface area contributed by atoms with Crippen LogP contribution in [0.2, 0.25) is 0 Å². The highest BCUT2D eigenvalue weighted by atomic mass is 16.7. The van der Waals surface area contributed by atoms with Crippen LogP contribution in [0.15, 0.2) is 54.6 Å². The molecule has 1 aliphatic heterocycles. The van der Waals surface area contributed by atoms with Gasteiger partial charge in [-0.25, -0.2) is 0 Å². The number of amides is 1. The van der Waals surface area contributed by atoms with Crippen LogP contribution in [0.5, 0.6) is 0 Å². The van der Waals surface area contributed by atoms with Crippen LogP contribution in [0.25, 0.3) is 0 Å². The van der Waals surface area contributed by atoms with Gasteiger partial charge in [-0.3, -0.25) is 9.59 Å². The zero-order valence-electron chi connectivity index (χ0n) is 34.8. The third-order valence-electron chi connectivity index (χ3n) is 11.0. The third-order valence-corrected chi connectivity index (χ3v) is 11.0. The summed E-state index contributed by atoms with van der Waals surface area (Å²) in [5.74, 6) is -0.345. The highest BCUT2D eigenvalue weighted by Gasteiger charge is 2.44. The first-order valence-corrected chi connectivity index (χ1v) is 22.0. The van der Waals surface area contributed by atoms with Gasteiger partial charge in [0.15, 0.2) is 12.1 Å². The molecule has 0 saturated carbocycles. The van der Waals surface area contributed by atoms with Crippen LogP contribution < -0.4 is 5.32 Å². The van der Waals surface area contributed by atoms with E-state index in [4.69, 9.17) is 14.2 Å². The molecule has 8 atom stereocenters. The summed E-state index contributed by atoms with van der Waals surface area (Å²) >= 11 is 0. The lowest BCUT2D eigenvalue weighted by Gasteiger charge is -2.40. The van der Waals surface area contributed by atoms with Crippen LogP contribution in [0.4, 0.5) is 0 Å². The Balaban J connectivity index is 1.36. The van der Waals surface area contributed by atoms with Crippen LogP contribution in [-0.2, 0) is 25.6 Å². The number of rotatable bonds is 32. The van der Waals surface area contributed by atoms with Crippen LogP contribution >= 0.6 is 0 Å². The van der Waals surface area contributed by atoms with E-state index in [1.807, 2.05) is 42.5 Å². The molecule has 328 valence electrons. The van der Waals surface area contributed by atoms with Crippen LogP contribution in [0.3, 0.4) is 0 Å². The van der Waals surface area contributed by atoms with Gasteiger partial charge in [0, 0.05) is 24.2 Å². The molecule has 0 aromatic heterocycles. The Kier molecular flexibility index (Phi) is 25.2.